The fraction of sp³-hybridized carbons (Fsp3) is 0.357. The predicted octanol–water partition coefficient (Wildman–Crippen LogP) is 1.11. The third-order valence-corrected chi connectivity index (χ3v) is 2.95. The molecule has 0 aliphatic rings. The molecule has 1 aromatic heterocycles. The Kier molecular flexibility index (Phi) is 4.84. The molecule has 20 heavy (non-hydrogen) atoms. The van der Waals surface area contributed by atoms with E-state index in [1.54, 1.807) is 4.90 Å². The number of amides is 1. The lowest BCUT2D eigenvalue weighted by Gasteiger charge is -2.18. The highest BCUT2D eigenvalue weighted by Gasteiger charge is 2.17. The number of aromatic nitrogens is 3. The minimum absolute atomic E-state index is 0.0699. The van der Waals surface area contributed by atoms with Gasteiger partial charge in [-0.15, -0.1) is 5.10 Å². The summed E-state index contributed by atoms with van der Waals surface area (Å²) in [6.45, 7) is 3.07. The minimum atomic E-state index is -0.164. The molecular formula is C14H18N4O2. The fourth-order valence-electron chi connectivity index (χ4n) is 1.87. The second-order valence-electron chi connectivity index (χ2n) is 4.32. The fourth-order valence-corrected chi connectivity index (χ4v) is 1.87. The number of rotatable bonds is 6. The Morgan fingerprint density at radius 1 is 1.35 bits per heavy atom. The van der Waals surface area contributed by atoms with Crippen LogP contribution in [0.3, 0.4) is 0 Å². The number of carbonyl (C=O) groups is 1. The van der Waals surface area contributed by atoms with Gasteiger partial charge in [-0.1, -0.05) is 18.2 Å². The summed E-state index contributed by atoms with van der Waals surface area (Å²) in [5, 5.41) is 17.2. The van der Waals surface area contributed by atoms with Crippen LogP contribution in [0.4, 0.5) is 0 Å². The van der Waals surface area contributed by atoms with E-state index < -0.39 is 0 Å². The first-order valence-electron chi connectivity index (χ1n) is 6.64. The number of nitrogens with zero attached hydrogens (tertiary/aromatic N) is 4. The lowest BCUT2D eigenvalue weighted by atomic mass is 10.3. The van der Waals surface area contributed by atoms with Crippen molar-refractivity contribution in [2.24, 2.45) is 0 Å². The van der Waals surface area contributed by atoms with E-state index >= 15 is 0 Å². The normalized spacial score (nSPS) is 10.5. The minimum Gasteiger partial charge on any atom is -0.396 e. The number of para-hydroxylation sites is 1. The van der Waals surface area contributed by atoms with Gasteiger partial charge in [0.15, 0.2) is 5.69 Å². The zero-order chi connectivity index (χ0) is 14.4. The summed E-state index contributed by atoms with van der Waals surface area (Å²) < 4.78 is 0. The van der Waals surface area contributed by atoms with Crippen molar-refractivity contribution < 1.29 is 9.90 Å². The molecule has 1 amide bonds. The maximum absolute atomic E-state index is 12.3. The van der Waals surface area contributed by atoms with E-state index in [4.69, 9.17) is 5.11 Å². The molecule has 2 rings (SSSR count). The van der Waals surface area contributed by atoms with Crippen LogP contribution in [-0.2, 0) is 0 Å². The van der Waals surface area contributed by atoms with E-state index in [0.717, 1.165) is 5.69 Å². The van der Waals surface area contributed by atoms with Gasteiger partial charge < -0.3 is 10.0 Å². The first-order valence-corrected chi connectivity index (χ1v) is 6.64. The zero-order valence-electron chi connectivity index (χ0n) is 11.4. The Morgan fingerprint density at radius 2 is 2.10 bits per heavy atom. The van der Waals surface area contributed by atoms with Crippen molar-refractivity contribution in [3.8, 4) is 5.69 Å². The number of benzene rings is 1. The Morgan fingerprint density at radius 3 is 2.75 bits per heavy atom. The summed E-state index contributed by atoms with van der Waals surface area (Å²) >= 11 is 0. The Labute approximate surface area is 117 Å². The maximum atomic E-state index is 12.3. The van der Waals surface area contributed by atoms with Gasteiger partial charge in [-0.25, -0.2) is 0 Å². The first kappa shape index (κ1) is 14.2. The van der Waals surface area contributed by atoms with Gasteiger partial charge in [-0.3, -0.25) is 4.79 Å². The van der Waals surface area contributed by atoms with Gasteiger partial charge in [0, 0.05) is 19.7 Å². The van der Waals surface area contributed by atoms with Gasteiger partial charge in [0.25, 0.3) is 5.91 Å². The third-order valence-electron chi connectivity index (χ3n) is 2.95. The van der Waals surface area contributed by atoms with Gasteiger partial charge in [-0.05, 0) is 25.5 Å². The van der Waals surface area contributed by atoms with Gasteiger partial charge in [-0.2, -0.15) is 9.90 Å². The standard InChI is InChI=1S/C14H18N4O2/c1-2-17(9-6-10-19)14(20)13-11-15-18(16-13)12-7-4-3-5-8-12/h3-5,7-8,11,19H,2,6,9-10H2,1H3. The predicted molar refractivity (Wildman–Crippen MR) is 74.6 cm³/mol. The molecule has 0 atom stereocenters. The monoisotopic (exact) mass is 274 g/mol. The summed E-state index contributed by atoms with van der Waals surface area (Å²) in [5.41, 5.74) is 1.12. The lowest BCUT2D eigenvalue weighted by Crippen LogP contribution is -2.32. The number of aliphatic hydroxyl groups excluding tert-OH is 1. The zero-order valence-corrected chi connectivity index (χ0v) is 11.4. The van der Waals surface area contributed by atoms with Crippen LogP contribution in [0.5, 0.6) is 0 Å². The summed E-state index contributed by atoms with van der Waals surface area (Å²) in [6, 6.07) is 9.43. The lowest BCUT2D eigenvalue weighted by molar-refractivity contribution is 0.0748. The van der Waals surface area contributed by atoms with Crippen LogP contribution in [0.25, 0.3) is 5.69 Å². The van der Waals surface area contributed by atoms with Crippen LogP contribution in [-0.4, -0.2) is 50.6 Å². The highest BCUT2D eigenvalue weighted by molar-refractivity contribution is 5.91. The van der Waals surface area contributed by atoms with Gasteiger partial charge in [0.05, 0.1) is 11.9 Å². The summed E-state index contributed by atoms with van der Waals surface area (Å²) in [6.07, 6.45) is 2.03. The Balaban J connectivity index is 2.13. The molecule has 6 nitrogen and oxygen atoms in total. The number of aliphatic hydroxyl groups is 1. The largest absolute Gasteiger partial charge is 0.396 e. The summed E-state index contributed by atoms with van der Waals surface area (Å²) in [4.78, 5) is 15.3. The van der Waals surface area contributed by atoms with Crippen LogP contribution in [0.2, 0.25) is 0 Å². The van der Waals surface area contributed by atoms with E-state index in [1.165, 1.54) is 11.0 Å². The van der Waals surface area contributed by atoms with E-state index in [0.29, 0.717) is 25.2 Å². The molecule has 0 saturated carbocycles. The summed E-state index contributed by atoms with van der Waals surface area (Å²) in [7, 11) is 0. The van der Waals surface area contributed by atoms with E-state index in [1.807, 2.05) is 37.3 Å². The van der Waals surface area contributed by atoms with Gasteiger partial charge in [0.1, 0.15) is 0 Å². The van der Waals surface area contributed by atoms with Gasteiger partial charge >= 0.3 is 0 Å². The third kappa shape index (κ3) is 3.21. The molecule has 0 fully saturated rings. The Hall–Kier alpha value is -2.21. The van der Waals surface area contributed by atoms with Crippen LogP contribution < -0.4 is 0 Å². The molecule has 0 radical (unpaired) electrons. The van der Waals surface area contributed by atoms with Crippen molar-refractivity contribution in [2.45, 2.75) is 13.3 Å². The maximum Gasteiger partial charge on any atom is 0.276 e. The topological polar surface area (TPSA) is 71.2 Å². The molecule has 106 valence electrons. The molecular weight excluding hydrogens is 256 g/mol. The molecule has 1 aromatic carbocycles. The van der Waals surface area contributed by atoms with E-state index in [-0.39, 0.29) is 12.5 Å². The average molecular weight is 274 g/mol. The van der Waals surface area contributed by atoms with Crippen LogP contribution in [0.1, 0.15) is 23.8 Å². The second-order valence-corrected chi connectivity index (χ2v) is 4.32. The quantitative estimate of drug-likeness (QED) is 0.856. The smallest absolute Gasteiger partial charge is 0.276 e. The second kappa shape index (κ2) is 6.81. The van der Waals surface area contributed by atoms with Gasteiger partial charge in [0.2, 0.25) is 0 Å². The molecule has 0 aliphatic heterocycles. The Bertz CT molecular complexity index is 553. The van der Waals surface area contributed by atoms with Crippen molar-refractivity contribution in [3.63, 3.8) is 0 Å². The van der Waals surface area contributed by atoms with Crippen molar-refractivity contribution in [1.29, 1.82) is 0 Å². The average Bonchev–Trinajstić information content (AvgIpc) is 2.98. The number of hydrogen-bond donors (Lipinski definition) is 1. The molecule has 0 aliphatic carbocycles. The van der Waals surface area contributed by atoms with Crippen LogP contribution in [0.15, 0.2) is 36.5 Å². The van der Waals surface area contributed by atoms with Crippen molar-refractivity contribution in [2.75, 3.05) is 19.7 Å². The van der Waals surface area contributed by atoms with E-state index in [9.17, 15) is 4.79 Å². The van der Waals surface area contributed by atoms with Crippen molar-refractivity contribution in [1.82, 2.24) is 19.9 Å². The molecule has 1 heterocycles. The van der Waals surface area contributed by atoms with Crippen molar-refractivity contribution in [3.05, 3.63) is 42.2 Å². The van der Waals surface area contributed by atoms with Crippen molar-refractivity contribution >= 4 is 5.91 Å². The first-order chi connectivity index (χ1) is 9.76. The highest BCUT2D eigenvalue weighted by atomic mass is 16.3. The molecule has 0 bridgehead atoms. The number of carbonyl (C=O) groups excluding carboxylic acids is 1. The van der Waals surface area contributed by atoms with Crippen LogP contribution in [0, 0.1) is 0 Å². The molecule has 2 aromatic rings. The molecule has 0 unspecified atom stereocenters. The highest BCUT2D eigenvalue weighted by Crippen LogP contribution is 2.06. The van der Waals surface area contributed by atoms with Crippen LogP contribution >= 0.6 is 0 Å². The molecule has 0 saturated heterocycles. The molecule has 0 spiro atoms. The summed E-state index contributed by atoms with van der Waals surface area (Å²) in [5.74, 6) is -0.164. The SMILES string of the molecule is CCN(CCCO)C(=O)c1cnn(-c2ccccc2)n1. The molecule has 6 heteroatoms. The van der Waals surface area contributed by atoms with E-state index in [2.05, 4.69) is 10.2 Å². The molecule has 1 N–H and O–H groups in total. The number of hydrogen-bond acceptors (Lipinski definition) is 4.